The van der Waals surface area contributed by atoms with Crippen LogP contribution in [-0.2, 0) is 14.3 Å². The highest BCUT2D eigenvalue weighted by molar-refractivity contribution is 6.00. The summed E-state index contributed by atoms with van der Waals surface area (Å²) in [6.07, 6.45) is 6.18. The Kier molecular flexibility index (Phi) is 3.20. The first-order chi connectivity index (χ1) is 6.24. The number of rotatable bonds is 3. The van der Waals surface area contributed by atoms with Crippen molar-refractivity contribution in [2.75, 3.05) is 6.61 Å². The number of carbonyl (C=O) groups is 2. The van der Waals surface area contributed by atoms with Crippen LogP contribution in [0.3, 0.4) is 0 Å². The van der Waals surface area contributed by atoms with E-state index < -0.39 is 5.97 Å². The van der Waals surface area contributed by atoms with E-state index >= 15 is 0 Å². The Morgan fingerprint density at radius 3 is 2.92 bits per heavy atom. The van der Waals surface area contributed by atoms with Crippen molar-refractivity contribution in [3.63, 3.8) is 0 Å². The Hall–Kier alpha value is -1.64. The van der Waals surface area contributed by atoms with Gasteiger partial charge in [0.15, 0.2) is 5.78 Å². The van der Waals surface area contributed by atoms with E-state index in [4.69, 9.17) is 4.74 Å². The average molecular weight is 178 g/mol. The second-order valence-corrected chi connectivity index (χ2v) is 2.55. The second kappa shape index (κ2) is 4.40. The van der Waals surface area contributed by atoms with Crippen LogP contribution >= 0.6 is 0 Å². The first kappa shape index (κ1) is 9.45. The van der Waals surface area contributed by atoms with E-state index in [1.165, 1.54) is 18.2 Å². The van der Waals surface area contributed by atoms with Gasteiger partial charge in [-0.2, -0.15) is 0 Å². The molecule has 0 aliphatic heterocycles. The quantitative estimate of drug-likeness (QED) is 0.481. The van der Waals surface area contributed by atoms with Gasteiger partial charge in [0.05, 0.1) is 5.57 Å². The van der Waals surface area contributed by atoms with Crippen molar-refractivity contribution < 1.29 is 14.3 Å². The molecule has 0 amide bonds. The zero-order valence-corrected chi connectivity index (χ0v) is 7.16. The van der Waals surface area contributed by atoms with Gasteiger partial charge in [-0.05, 0) is 12.2 Å². The fraction of sp³-hybridized carbons (Fsp3) is 0.200. The Morgan fingerprint density at radius 1 is 1.62 bits per heavy atom. The standard InChI is InChI=1S/C10H10O3/c1-2-7-13-10(12)8-3-5-9(11)6-4-8/h2-5H,1,6-7H2. The Labute approximate surface area is 76.4 Å². The zero-order valence-electron chi connectivity index (χ0n) is 7.16. The van der Waals surface area contributed by atoms with E-state index in [9.17, 15) is 9.59 Å². The van der Waals surface area contributed by atoms with Crippen LogP contribution in [0.1, 0.15) is 6.42 Å². The van der Waals surface area contributed by atoms with Crippen LogP contribution in [0.2, 0.25) is 0 Å². The third-order valence-corrected chi connectivity index (χ3v) is 1.54. The van der Waals surface area contributed by atoms with Crippen LogP contribution in [-0.4, -0.2) is 18.4 Å². The molecule has 0 saturated carbocycles. The second-order valence-electron chi connectivity index (χ2n) is 2.55. The summed E-state index contributed by atoms with van der Waals surface area (Å²) in [5, 5.41) is 0. The fourth-order valence-corrected chi connectivity index (χ4v) is 0.899. The third kappa shape index (κ3) is 2.71. The Balaban J connectivity index is 2.53. The molecule has 0 heterocycles. The van der Waals surface area contributed by atoms with Crippen LogP contribution in [0.4, 0.5) is 0 Å². The minimum absolute atomic E-state index is 0.000251. The van der Waals surface area contributed by atoms with Gasteiger partial charge in [0.1, 0.15) is 6.61 Å². The van der Waals surface area contributed by atoms with Crippen molar-refractivity contribution in [2.24, 2.45) is 0 Å². The molecular formula is C10H10O3. The van der Waals surface area contributed by atoms with Gasteiger partial charge in [-0.1, -0.05) is 18.7 Å². The molecule has 0 aromatic carbocycles. The van der Waals surface area contributed by atoms with Crippen LogP contribution in [0.15, 0.2) is 36.5 Å². The minimum atomic E-state index is -0.413. The van der Waals surface area contributed by atoms with E-state index in [1.54, 1.807) is 6.08 Å². The molecule has 13 heavy (non-hydrogen) atoms. The Morgan fingerprint density at radius 2 is 2.38 bits per heavy atom. The summed E-state index contributed by atoms with van der Waals surface area (Å²) in [6.45, 7) is 3.61. The van der Waals surface area contributed by atoms with Crippen molar-refractivity contribution in [1.29, 1.82) is 0 Å². The number of carbonyl (C=O) groups excluding carboxylic acids is 2. The van der Waals surface area contributed by atoms with Crippen LogP contribution in [0.5, 0.6) is 0 Å². The van der Waals surface area contributed by atoms with Gasteiger partial charge in [0.2, 0.25) is 0 Å². The van der Waals surface area contributed by atoms with Gasteiger partial charge in [0, 0.05) is 6.42 Å². The molecule has 68 valence electrons. The molecule has 0 spiro atoms. The lowest BCUT2D eigenvalue weighted by Crippen LogP contribution is -2.09. The number of allylic oxidation sites excluding steroid dienone is 2. The van der Waals surface area contributed by atoms with Crippen molar-refractivity contribution >= 4 is 11.8 Å². The molecule has 3 nitrogen and oxygen atoms in total. The first-order valence-electron chi connectivity index (χ1n) is 3.93. The first-order valence-corrected chi connectivity index (χ1v) is 3.93. The minimum Gasteiger partial charge on any atom is -0.458 e. The molecule has 1 rings (SSSR count). The van der Waals surface area contributed by atoms with Crippen molar-refractivity contribution in [1.82, 2.24) is 0 Å². The summed E-state index contributed by atoms with van der Waals surface area (Å²) in [6, 6.07) is 0. The van der Waals surface area contributed by atoms with Gasteiger partial charge >= 0.3 is 5.97 Å². The van der Waals surface area contributed by atoms with Gasteiger partial charge < -0.3 is 4.74 Å². The number of hydrogen-bond donors (Lipinski definition) is 0. The van der Waals surface area contributed by atoms with Crippen LogP contribution in [0.25, 0.3) is 0 Å². The van der Waals surface area contributed by atoms with Gasteiger partial charge in [-0.25, -0.2) is 4.79 Å². The lowest BCUT2D eigenvalue weighted by atomic mass is 10.1. The van der Waals surface area contributed by atoms with Gasteiger partial charge in [-0.15, -0.1) is 0 Å². The molecule has 0 radical (unpaired) electrons. The van der Waals surface area contributed by atoms with Crippen molar-refractivity contribution in [3.8, 4) is 0 Å². The summed E-state index contributed by atoms with van der Waals surface area (Å²) in [4.78, 5) is 21.9. The summed E-state index contributed by atoms with van der Waals surface area (Å²) >= 11 is 0. The van der Waals surface area contributed by atoms with Crippen LogP contribution < -0.4 is 0 Å². The molecule has 1 aliphatic rings. The molecule has 0 atom stereocenters. The molecule has 0 N–H and O–H groups in total. The monoisotopic (exact) mass is 178 g/mol. The summed E-state index contributed by atoms with van der Waals surface area (Å²) in [5.41, 5.74) is 0.432. The fourth-order valence-electron chi connectivity index (χ4n) is 0.899. The van der Waals surface area contributed by atoms with E-state index in [0.29, 0.717) is 5.57 Å². The van der Waals surface area contributed by atoms with E-state index in [0.717, 1.165) is 0 Å². The maximum Gasteiger partial charge on any atom is 0.338 e. The number of ketones is 1. The summed E-state index contributed by atoms with van der Waals surface area (Å²) < 4.78 is 4.78. The lowest BCUT2D eigenvalue weighted by molar-refractivity contribution is -0.137. The maximum atomic E-state index is 11.2. The average Bonchev–Trinajstić information content (AvgIpc) is 2.15. The predicted molar refractivity (Wildman–Crippen MR) is 48.0 cm³/mol. The number of esters is 1. The predicted octanol–water partition coefficient (Wildman–Crippen LogP) is 1.17. The maximum absolute atomic E-state index is 11.2. The third-order valence-electron chi connectivity index (χ3n) is 1.54. The molecule has 0 aromatic rings. The number of ether oxygens (including phenoxy) is 1. The molecule has 0 fully saturated rings. The number of hydrogen-bond acceptors (Lipinski definition) is 3. The van der Waals surface area contributed by atoms with Crippen LogP contribution in [0, 0.1) is 0 Å². The molecule has 0 aromatic heterocycles. The van der Waals surface area contributed by atoms with E-state index in [-0.39, 0.29) is 18.8 Å². The molecule has 0 bridgehead atoms. The normalized spacial score (nSPS) is 15.1. The molecule has 0 saturated heterocycles. The highest BCUT2D eigenvalue weighted by Gasteiger charge is 2.11. The van der Waals surface area contributed by atoms with Crippen molar-refractivity contribution in [3.05, 3.63) is 36.5 Å². The highest BCUT2D eigenvalue weighted by atomic mass is 16.5. The van der Waals surface area contributed by atoms with Gasteiger partial charge in [0.25, 0.3) is 0 Å². The highest BCUT2D eigenvalue weighted by Crippen LogP contribution is 2.08. The Bertz CT molecular complexity index is 297. The van der Waals surface area contributed by atoms with Gasteiger partial charge in [-0.3, -0.25) is 4.79 Å². The molecular weight excluding hydrogens is 168 g/mol. The SMILES string of the molecule is C=CCOC(=O)C1=CCC(=O)C=C1. The summed E-state index contributed by atoms with van der Waals surface area (Å²) in [5.74, 6) is -0.413. The zero-order chi connectivity index (χ0) is 9.68. The van der Waals surface area contributed by atoms with E-state index in [1.807, 2.05) is 0 Å². The topological polar surface area (TPSA) is 43.4 Å². The lowest BCUT2D eigenvalue weighted by Gasteiger charge is -2.04. The van der Waals surface area contributed by atoms with E-state index in [2.05, 4.69) is 6.58 Å². The molecule has 0 unspecified atom stereocenters. The molecule has 3 heteroatoms. The molecule has 1 aliphatic carbocycles. The van der Waals surface area contributed by atoms with Crippen molar-refractivity contribution in [2.45, 2.75) is 6.42 Å². The summed E-state index contributed by atoms with van der Waals surface area (Å²) in [7, 11) is 0. The largest absolute Gasteiger partial charge is 0.458 e. The smallest absolute Gasteiger partial charge is 0.338 e.